The Morgan fingerprint density at radius 1 is 1.54 bits per heavy atom. The molecule has 0 radical (unpaired) electrons. The highest BCUT2D eigenvalue weighted by molar-refractivity contribution is 5.88. The molecular formula is C7H11NO5. The maximum atomic E-state index is 10.8. The van der Waals surface area contributed by atoms with Crippen molar-refractivity contribution >= 4 is 18.2 Å². The van der Waals surface area contributed by atoms with E-state index in [0.29, 0.717) is 0 Å². The Morgan fingerprint density at radius 3 is 2.38 bits per heavy atom. The summed E-state index contributed by atoms with van der Waals surface area (Å²) in [5, 5.41) is 20.0. The quantitative estimate of drug-likeness (QED) is 0.458. The molecule has 0 rings (SSSR count). The molecule has 0 aliphatic carbocycles. The van der Waals surface area contributed by atoms with Crippen molar-refractivity contribution in [1.82, 2.24) is 5.32 Å². The van der Waals surface area contributed by atoms with Crippen molar-refractivity contribution in [1.29, 1.82) is 0 Å². The van der Waals surface area contributed by atoms with Crippen LogP contribution >= 0.6 is 0 Å². The highest BCUT2D eigenvalue weighted by atomic mass is 16.4. The molecule has 1 atom stereocenters. The van der Waals surface area contributed by atoms with E-state index in [4.69, 9.17) is 5.11 Å². The third-order valence-electron chi connectivity index (χ3n) is 1.55. The van der Waals surface area contributed by atoms with Gasteiger partial charge in [-0.2, -0.15) is 0 Å². The van der Waals surface area contributed by atoms with E-state index in [1.54, 1.807) is 0 Å². The van der Waals surface area contributed by atoms with Crippen LogP contribution in [0.1, 0.15) is 12.8 Å². The van der Waals surface area contributed by atoms with Gasteiger partial charge in [0.05, 0.1) is 6.42 Å². The number of carbonyl (C=O) groups excluding carboxylic acids is 2. The number of aliphatic hydroxyl groups is 1. The third-order valence-corrected chi connectivity index (χ3v) is 1.55. The van der Waals surface area contributed by atoms with Crippen LogP contribution in [0.15, 0.2) is 0 Å². The Bertz CT molecular complexity index is 227. The van der Waals surface area contributed by atoms with Crippen LogP contribution in [-0.4, -0.2) is 41.0 Å². The monoisotopic (exact) mass is 189 g/mol. The van der Waals surface area contributed by atoms with Crippen molar-refractivity contribution in [3.8, 4) is 0 Å². The second-order valence-electron chi connectivity index (χ2n) is 2.56. The van der Waals surface area contributed by atoms with Gasteiger partial charge in [-0.25, -0.2) is 4.79 Å². The number of carbonyl (C=O) groups is 3. The van der Waals surface area contributed by atoms with Gasteiger partial charge in [0.25, 0.3) is 0 Å². The molecular weight excluding hydrogens is 178 g/mol. The van der Waals surface area contributed by atoms with Crippen molar-refractivity contribution in [2.24, 2.45) is 0 Å². The molecule has 74 valence electrons. The number of aldehydes is 1. The lowest BCUT2D eigenvalue weighted by molar-refractivity contribution is -0.163. The van der Waals surface area contributed by atoms with Crippen LogP contribution in [0.25, 0.3) is 0 Å². The zero-order valence-electron chi connectivity index (χ0n) is 7.11. The van der Waals surface area contributed by atoms with E-state index >= 15 is 0 Å². The summed E-state index contributed by atoms with van der Waals surface area (Å²) in [5.41, 5.74) is -2.29. The molecule has 0 aliphatic heterocycles. The minimum atomic E-state index is -2.29. The predicted molar refractivity (Wildman–Crippen MR) is 42.0 cm³/mol. The number of rotatable bonds is 5. The van der Waals surface area contributed by atoms with Gasteiger partial charge in [0.15, 0.2) is 5.60 Å². The fourth-order valence-corrected chi connectivity index (χ4v) is 0.727. The second-order valence-corrected chi connectivity index (χ2v) is 2.56. The third kappa shape index (κ3) is 3.20. The number of hydrogen-bond donors (Lipinski definition) is 3. The molecule has 0 saturated heterocycles. The molecule has 0 fully saturated rings. The highest BCUT2D eigenvalue weighted by Crippen LogP contribution is 2.13. The smallest absolute Gasteiger partial charge is 0.336 e. The van der Waals surface area contributed by atoms with Gasteiger partial charge in [0.1, 0.15) is 6.29 Å². The van der Waals surface area contributed by atoms with Crippen molar-refractivity contribution in [3.05, 3.63) is 0 Å². The summed E-state index contributed by atoms with van der Waals surface area (Å²) in [6.07, 6.45) is -0.968. The fraction of sp³-hybridized carbons (Fsp3) is 0.571. The topological polar surface area (TPSA) is 104 Å². The first kappa shape index (κ1) is 11.6. The van der Waals surface area contributed by atoms with Gasteiger partial charge in [-0.15, -0.1) is 0 Å². The number of aliphatic carboxylic acids is 1. The first-order chi connectivity index (χ1) is 5.96. The Labute approximate surface area is 74.6 Å². The lowest BCUT2D eigenvalue weighted by atomic mass is 9.96. The Kier molecular flexibility index (Phi) is 4.06. The molecule has 13 heavy (non-hydrogen) atoms. The van der Waals surface area contributed by atoms with Crippen molar-refractivity contribution in [2.45, 2.75) is 18.4 Å². The minimum Gasteiger partial charge on any atom is -0.479 e. The van der Waals surface area contributed by atoms with Gasteiger partial charge in [-0.1, -0.05) is 0 Å². The highest BCUT2D eigenvalue weighted by Gasteiger charge is 2.37. The summed E-state index contributed by atoms with van der Waals surface area (Å²) < 4.78 is 0. The van der Waals surface area contributed by atoms with E-state index in [1.807, 2.05) is 0 Å². The molecule has 0 saturated carbocycles. The van der Waals surface area contributed by atoms with Gasteiger partial charge in [0, 0.05) is 13.5 Å². The van der Waals surface area contributed by atoms with Crippen molar-refractivity contribution in [2.75, 3.05) is 7.05 Å². The molecule has 6 heteroatoms. The molecule has 1 unspecified atom stereocenters. The maximum Gasteiger partial charge on any atom is 0.336 e. The standard InChI is InChI=1S/C7H11NO5/c1-8-5(10)4-7(13,2-3-9)6(11)12/h3,13H,2,4H2,1H3,(H,8,10)(H,11,12). The largest absolute Gasteiger partial charge is 0.479 e. The molecule has 0 aromatic carbocycles. The average Bonchev–Trinajstić information content (AvgIpc) is 2.04. The van der Waals surface area contributed by atoms with Crippen LogP contribution in [0.4, 0.5) is 0 Å². The SMILES string of the molecule is CNC(=O)CC(O)(CC=O)C(=O)O. The van der Waals surface area contributed by atoms with E-state index in [2.05, 4.69) is 5.32 Å². The van der Waals surface area contributed by atoms with Crippen LogP contribution in [0.5, 0.6) is 0 Å². The molecule has 0 aliphatic rings. The first-order valence-electron chi connectivity index (χ1n) is 3.56. The zero-order valence-corrected chi connectivity index (χ0v) is 7.11. The number of carboxylic acids is 1. The number of nitrogens with one attached hydrogen (secondary N) is 1. The van der Waals surface area contributed by atoms with Gasteiger partial charge in [0.2, 0.25) is 5.91 Å². The summed E-state index contributed by atoms with van der Waals surface area (Å²) >= 11 is 0. The summed E-state index contributed by atoms with van der Waals surface area (Å²) in [6, 6.07) is 0. The Balaban J connectivity index is 4.49. The van der Waals surface area contributed by atoms with Gasteiger partial charge in [-0.3, -0.25) is 4.79 Å². The summed E-state index contributed by atoms with van der Waals surface area (Å²) in [6.45, 7) is 0. The van der Waals surface area contributed by atoms with E-state index in [9.17, 15) is 19.5 Å². The van der Waals surface area contributed by atoms with Crippen LogP contribution in [0.2, 0.25) is 0 Å². The molecule has 0 aromatic rings. The zero-order chi connectivity index (χ0) is 10.5. The second kappa shape index (κ2) is 4.56. The Hall–Kier alpha value is -1.43. The average molecular weight is 189 g/mol. The molecule has 0 bridgehead atoms. The number of carboxylic acid groups (broad SMARTS) is 1. The van der Waals surface area contributed by atoms with E-state index in [-0.39, 0.29) is 6.29 Å². The van der Waals surface area contributed by atoms with E-state index in [0.717, 1.165) is 0 Å². The number of amides is 1. The van der Waals surface area contributed by atoms with Crippen LogP contribution in [0, 0.1) is 0 Å². The molecule has 3 N–H and O–H groups in total. The predicted octanol–water partition coefficient (Wildman–Crippen LogP) is -1.47. The minimum absolute atomic E-state index is 0.261. The molecule has 6 nitrogen and oxygen atoms in total. The van der Waals surface area contributed by atoms with E-state index < -0.39 is 30.3 Å². The van der Waals surface area contributed by atoms with Gasteiger partial charge >= 0.3 is 5.97 Å². The summed E-state index contributed by atoms with van der Waals surface area (Å²) in [4.78, 5) is 31.3. The lowest BCUT2D eigenvalue weighted by Crippen LogP contribution is -2.43. The summed E-state index contributed by atoms with van der Waals surface area (Å²) in [7, 11) is 1.31. The molecule has 1 amide bonds. The van der Waals surface area contributed by atoms with Gasteiger partial charge in [-0.05, 0) is 0 Å². The first-order valence-corrected chi connectivity index (χ1v) is 3.56. The molecule has 0 spiro atoms. The fourth-order valence-electron chi connectivity index (χ4n) is 0.727. The van der Waals surface area contributed by atoms with Crippen LogP contribution < -0.4 is 5.32 Å². The normalized spacial score (nSPS) is 14.3. The Morgan fingerprint density at radius 2 is 2.08 bits per heavy atom. The van der Waals surface area contributed by atoms with Crippen LogP contribution in [-0.2, 0) is 14.4 Å². The lowest BCUT2D eigenvalue weighted by Gasteiger charge is -2.19. The van der Waals surface area contributed by atoms with Crippen LogP contribution in [0.3, 0.4) is 0 Å². The number of hydrogen-bond acceptors (Lipinski definition) is 4. The molecule has 0 heterocycles. The maximum absolute atomic E-state index is 10.8. The van der Waals surface area contributed by atoms with Crippen molar-refractivity contribution < 1.29 is 24.6 Å². The van der Waals surface area contributed by atoms with Gasteiger partial charge < -0.3 is 20.3 Å². The van der Waals surface area contributed by atoms with Crippen molar-refractivity contribution in [3.63, 3.8) is 0 Å². The summed E-state index contributed by atoms with van der Waals surface area (Å²) in [5.74, 6) is -2.21. The molecule has 0 aromatic heterocycles. The van der Waals surface area contributed by atoms with E-state index in [1.165, 1.54) is 7.05 Å².